The van der Waals surface area contributed by atoms with E-state index >= 15 is 0 Å². The van der Waals surface area contributed by atoms with Crippen molar-refractivity contribution in [3.63, 3.8) is 0 Å². The molecule has 4 nitrogen and oxygen atoms in total. The zero-order valence-corrected chi connectivity index (χ0v) is 15.8. The van der Waals surface area contributed by atoms with Crippen molar-refractivity contribution in [1.29, 1.82) is 0 Å². The predicted octanol–water partition coefficient (Wildman–Crippen LogP) is 4.05. The van der Waals surface area contributed by atoms with Gasteiger partial charge in [-0.25, -0.2) is 0 Å². The Hall–Kier alpha value is -0.900. The Balaban J connectivity index is 0.000000415. The smallest absolute Gasteiger partial charge is 0.300 e. The first-order valence-electron chi connectivity index (χ1n) is 10.2. The van der Waals surface area contributed by atoms with Crippen LogP contribution in [0, 0.1) is 34.5 Å². The maximum absolute atomic E-state index is 12.4. The van der Waals surface area contributed by atoms with Crippen LogP contribution in [-0.4, -0.2) is 28.6 Å². The lowest BCUT2D eigenvalue weighted by molar-refractivity contribution is -0.148. The second-order valence-corrected chi connectivity index (χ2v) is 9.23. The summed E-state index contributed by atoms with van der Waals surface area (Å²) in [5.74, 6) is 2.51. The molecule has 0 aliphatic heterocycles. The lowest BCUT2D eigenvalue weighted by Gasteiger charge is -2.60. The number of aliphatic carboxylic acids is 1. The molecule has 0 heterocycles. The van der Waals surface area contributed by atoms with Gasteiger partial charge in [-0.3, -0.25) is 9.59 Å². The normalized spacial score (nSPS) is 45.5. The third-order valence-electron chi connectivity index (χ3n) is 8.29. The van der Waals surface area contributed by atoms with Crippen molar-refractivity contribution >= 4 is 11.8 Å². The topological polar surface area (TPSA) is 74.6 Å². The molecule has 25 heavy (non-hydrogen) atoms. The van der Waals surface area contributed by atoms with E-state index < -0.39 is 5.97 Å². The molecule has 4 aliphatic rings. The molecule has 2 N–H and O–H groups in total. The molecule has 0 bridgehead atoms. The van der Waals surface area contributed by atoms with E-state index in [9.17, 15) is 9.90 Å². The number of rotatable bonds is 1. The van der Waals surface area contributed by atoms with E-state index in [1.165, 1.54) is 44.9 Å². The van der Waals surface area contributed by atoms with E-state index in [0.29, 0.717) is 24.2 Å². The third kappa shape index (κ3) is 3.05. The van der Waals surface area contributed by atoms with Gasteiger partial charge in [-0.05, 0) is 74.0 Å². The van der Waals surface area contributed by atoms with Crippen LogP contribution < -0.4 is 0 Å². The lowest BCUT2D eigenvalue weighted by atomic mass is 9.45. The summed E-state index contributed by atoms with van der Waals surface area (Å²) in [6, 6.07) is 0. The van der Waals surface area contributed by atoms with Gasteiger partial charge in [-0.15, -0.1) is 0 Å². The second kappa shape index (κ2) is 7.02. The number of aliphatic hydroxyl groups excluding tert-OH is 1. The number of carbonyl (C=O) groups is 2. The van der Waals surface area contributed by atoms with Crippen LogP contribution in [0.3, 0.4) is 0 Å². The molecular weight excluding hydrogens is 316 g/mol. The number of ketones is 1. The lowest BCUT2D eigenvalue weighted by Crippen LogP contribution is -2.55. The molecule has 4 fully saturated rings. The molecule has 0 saturated heterocycles. The van der Waals surface area contributed by atoms with E-state index in [-0.39, 0.29) is 10.8 Å². The quantitative estimate of drug-likeness (QED) is 0.748. The van der Waals surface area contributed by atoms with Crippen molar-refractivity contribution in [3.8, 4) is 0 Å². The van der Waals surface area contributed by atoms with Gasteiger partial charge < -0.3 is 10.2 Å². The van der Waals surface area contributed by atoms with Gasteiger partial charge in [0.1, 0.15) is 5.78 Å². The maximum Gasteiger partial charge on any atom is 0.300 e. The Morgan fingerprint density at radius 2 is 1.80 bits per heavy atom. The highest BCUT2D eigenvalue weighted by atomic mass is 16.4. The SMILES string of the molecule is CC(=O)O.C[C@]12CC[C@H]3[C@@H](CCC4CCCC[C@@]43CO)[C@@H]1CCC2=O. The Morgan fingerprint density at radius 3 is 2.48 bits per heavy atom. The fourth-order valence-electron chi connectivity index (χ4n) is 7.15. The Kier molecular flexibility index (Phi) is 5.30. The number of carbonyl (C=O) groups excluding carboxylic acids is 1. The van der Waals surface area contributed by atoms with Crippen LogP contribution in [0.5, 0.6) is 0 Å². The van der Waals surface area contributed by atoms with Gasteiger partial charge in [0.25, 0.3) is 5.97 Å². The highest BCUT2D eigenvalue weighted by Crippen LogP contribution is 2.65. The van der Waals surface area contributed by atoms with Gasteiger partial charge in [0.2, 0.25) is 0 Å². The van der Waals surface area contributed by atoms with Gasteiger partial charge >= 0.3 is 0 Å². The minimum absolute atomic E-state index is 0.0146. The third-order valence-corrected chi connectivity index (χ3v) is 8.29. The van der Waals surface area contributed by atoms with Crippen molar-refractivity contribution < 1.29 is 19.8 Å². The summed E-state index contributed by atoms with van der Waals surface area (Å²) in [4.78, 5) is 21.4. The van der Waals surface area contributed by atoms with Crippen molar-refractivity contribution in [1.82, 2.24) is 0 Å². The van der Waals surface area contributed by atoms with Crippen LogP contribution in [0.25, 0.3) is 0 Å². The summed E-state index contributed by atoms with van der Waals surface area (Å²) in [6.45, 7) is 3.73. The van der Waals surface area contributed by atoms with Crippen LogP contribution in [0.15, 0.2) is 0 Å². The summed E-state index contributed by atoms with van der Waals surface area (Å²) in [7, 11) is 0. The summed E-state index contributed by atoms with van der Waals surface area (Å²) in [6.07, 6.45) is 12.1. The Labute approximate surface area is 151 Å². The van der Waals surface area contributed by atoms with Crippen LogP contribution in [0.2, 0.25) is 0 Å². The average Bonchev–Trinajstić information content (AvgIpc) is 2.89. The molecule has 0 radical (unpaired) electrons. The van der Waals surface area contributed by atoms with E-state index in [0.717, 1.165) is 38.0 Å². The number of hydrogen-bond acceptors (Lipinski definition) is 3. The molecule has 4 saturated carbocycles. The maximum atomic E-state index is 12.4. The van der Waals surface area contributed by atoms with Crippen molar-refractivity contribution in [2.75, 3.05) is 6.61 Å². The van der Waals surface area contributed by atoms with Gasteiger partial charge in [0.15, 0.2) is 0 Å². The summed E-state index contributed by atoms with van der Waals surface area (Å²) < 4.78 is 0. The number of carboxylic acid groups (broad SMARTS) is 1. The monoisotopic (exact) mass is 350 g/mol. The van der Waals surface area contributed by atoms with Crippen molar-refractivity contribution in [3.05, 3.63) is 0 Å². The van der Waals surface area contributed by atoms with Crippen LogP contribution >= 0.6 is 0 Å². The van der Waals surface area contributed by atoms with Crippen LogP contribution in [-0.2, 0) is 9.59 Å². The zero-order valence-electron chi connectivity index (χ0n) is 15.8. The number of Topliss-reactive ketones (excluding diaryl/α,β-unsaturated/α-hetero) is 1. The highest BCUT2D eigenvalue weighted by Gasteiger charge is 2.60. The molecule has 0 spiro atoms. The molecule has 4 aliphatic carbocycles. The van der Waals surface area contributed by atoms with E-state index in [1.54, 1.807) is 0 Å². The average molecular weight is 350 g/mol. The molecule has 142 valence electrons. The number of aliphatic hydroxyl groups is 1. The molecular formula is C21H34O4. The first-order valence-corrected chi connectivity index (χ1v) is 10.2. The van der Waals surface area contributed by atoms with Crippen LogP contribution in [0.1, 0.15) is 78.1 Å². The van der Waals surface area contributed by atoms with Gasteiger partial charge in [-0.1, -0.05) is 19.8 Å². The molecule has 0 aromatic carbocycles. The molecule has 6 atom stereocenters. The van der Waals surface area contributed by atoms with Crippen molar-refractivity contribution in [2.24, 2.45) is 34.5 Å². The first kappa shape index (κ1) is 18.9. The fourth-order valence-corrected chi connectivity index (χ4v) is 7.15. The molecule has 1 unspecified atom stereocenters. The summed E-state index contributed by atoms with van der Waals surface area (Å²) >= 11 is 0. The van der Waals surface area contributed by atoms with Crippen molar-refractivity contribution in [2.45, 2.75) is 78.1 Å². The number of carboxylic acids is 1. The second-order valence-electron chi connectivity index (χ2n) is 9.23. The Morgan fingerprint density at radius 1 is 1.08 bits per heavy atom. The molecule has 4 heteroatoms. The molecule has 4 rings (SSSR count). The number of hydrogen-bond donors (Lipinski definition) is 2. The fraction of sp³-hybridized carbons (Fsp3) is 0.905. The molecule has 0 amide bonds. The number of fused-ring (bicyclic) bond motifs is 5. The minimum atomic E-state index is -0.833. The predicted molar refractivity (Wildman–Crippen MR) is 96.1 cm³/mol. The first-order chi connectivity index (χ1) is 11.8. The highest BCUT2D eigenvalue weighted by molar-refractivity contribution is 5.87. The summed E-state index contributed by atoms with van der Waals surface area (Å²) in [5, 5.41) is 17.7. The van der Waals surface area contributed by atoms with Gasteiger partial charge in [0.05, 0.1) is 0 Å². The van der Waals surface area contributed by atoms with E-state index in [2.05, 4.69) is 6.92 Å². The molecule has 0 aromatic heterocycles. The van der Waals surface area contributed by atoms with Gasteiger partial charge in [0, 0.05) is 25.4 Å². The van der Waals surface area contributed by atoms with Gasteiger partial charge in [-0.2, -0.15) is 0 Å². The minimum Gasteiger partial charge on any atom is -0.481 e. The Bertz CT molecular complexity index is 526. The summed E-state index contributed by atoms with van der Waals surface area (Å²) in [5.41, 5.74) is 0.202. The zero-order chi connectivity index (χ0) is 18.2. The largest absolute Gasteiger partial charge is 0.481 e. The standard InChI is InChI=1S/C19H30O2.C2H4O2/c1-18-11-9-16-14(15(18)7-8-17(18)21)6-5-13-4-2-3-10-19(13,16)12-20;1-2(3)4/h13-16,20H,2-12H2,1H3;1H3,(H,3,4)/t13?,14-,15-,16-,18-,19+;/m0./s1. The van der Waals surface area contributed by atoms with E-state index in [4.69, 9.17) is 9.90 Å². The molecule has 0 aromatic rings. The van der Waals surface area contributed by atoms with E-state index in [1.807, 2.05) is 0 Å². The van der Waals surface area contributed by atoms with Crippen LogP contribution in [0.4, 0.5) is 0 Å².